The Morgan fingerprint density at radius 3 is 2.39 bits per heavy atom. The van der Waals surface area contributed by atoms with Crippen molar-refractivity contribution in [3.63, 3.8) is 0 Å². The third-order valence-electron chi connectivity index (χ3n) is 4.09. The maximum absolute atomic E-state index is 12.4. The van der Waals surface area contributed by atoms with Gasteiger partial charge in [-0.15, -0.1) is 0 Å². The summed E-state index contributed by atoms with van der Waals surface area (Å²) in [6.45, 7) is 0.452. The molecule has 0 unspecified atom stereocenters. The van der Waals surface area contributed by atoms with Gasteiger partial charge in [0.05, 0.1) is 4.92 Å². The molecule has 2 N–H and O–H groups in total. The quantitative estimate of drug-likeness (QED) is 0.468. The van der Waals surface area contributed by atoms with E-state index in [-0.39, 0.29) is 11.3 Å². The standard InChI is InChI=1S/C21H19N3O4/c1-22-19-12-7-16(13-20(19)24(26)27)21(25)23-17-8-10-18(11-9-17)28-14-15-5-3-2-4-6-15/h2-13,22H,14H2,1H3,(H,23,25). The number of nitro benzene ring substituents is 1. The lowest BCUT2D eigenvalue weighted by Gasteiger charge is -2.09. The van der Waals surface area contributed by atoms with E-state index in [9.17, 15) is 14.9 Å². The number of nitrogens with zero attached hydrogens (tertiary/aromatic N) is 1. The van der Waals surface area contributed by atoms with E-state index in [0.29, 0.717) is 23.7 Å². The molecule has 0 fully saturated rings. The molecule has 3 aromatic rings. The number of anilines is 2. The van der Waals surface area contributed by atoms with E-state index in [4.69, 9.17) is 4.74 Å². The van der Waals surface area contributed by atoms with Crippen molar-refractivity contribution in [3.05, 3.63) is 94.0 Å². The predicted molar refractivity (Wildman–Crippen MR) is 108 cm³/mol. The molecule has 3 aromatic carbocycles. The fourth-order valence-electron chi connectivity index (χ4n) is 2.61. The molecular weight excluding hydrogens is 358 g/mol. The molecule has 0 atom stereocenters. The molecule has 3 rings (SSSR count). The maximum atomic E-state index is 12.4. The van der Waals surface area contributed by atoms with Crippen LogP contribution in [0.2, 0.25) is 0 Å². The minimum Gasteiger partial charge on any atom is -0.489 e. The number of rotatable bonds is 7. The van der Waals surface area contributed by atoms with Crippen molar-refractivity contribution in [1.82, 2.24) is 0 Å². The minimum atomic E-state index is -0.526. The lowest BCUT2D eigenvalue weighted by molar-refractivity contribution is -0.384. The Morgan fingerprint density at radius 1 is 1.04 bits per heavy atom. The first-order valence-corrected chi connectivity index (χ1v) is 8.61. The van der Waals surface area contributed by atoms with Crippen molar-refractivity contribution in [2.75, 3.05) is 17.7 Å². The van der Waals surface area contributed by atoms with Crippen molar-refractivity contribution >= 4 is 23.0 Å². The molecule has 0 saturated carbocycles. The van der Waals surface area contributed by atoms with Crippen LogP contribution in [0.5, 0.6) is 5.75 Å². The van der Waals surface area contributed by atoms with Gasteiger partial charge < -0.3 is 15.4 Å². The van der Waals surface area contributed by atoms with Gasteiger partial charge in [0.2, 0.25) is 0 Å². The Kier molecular flexibility index (Phi) is 5.86. The zero-order valence-corrected chi connectivity index (χ0v) is 15.2. The SMILES string of the molecule is CNc1ccc(C(=O)Nc2ccc(OCc3ccccc3)cc2)cc1[N+](=O)[O-]. The highest BCUT2D eigenvalue weighted by atomic mass is 16.6. The van der Waals surface area contributed by atoms with Gasteiger partial charge in [-0.2, -0.15) is 0 Å². The highest BCUT2D eigenvalue weighted by molar-refractivity contribution is 6.05. The second-order valence-corrected chi connectivity index (χ2v) is 5.99. The Bertz CT molecular complexity index is 973. The van der Waals surface area contributed by atoms with Crippen LogP contribution in [0.4, 0.5) is 17.1 Å². The van der Waals surface area contributed by atoms with Crippen LogP contribution >= 0.6 is 0 Å². The summed E-state index contributed by atoms with van der Waals surface area (Å²) in [7, 11) is 1.59. The molecule has 0 spiro atoms. The van der Waals surface area contributed by atoms with Gasteiger partial charge in [0.25, 0.3) is 11.6 Å². The summed E-state index contributed by atoms with van der Waals surface area (Å²) in [6.07, 6.45) is 0. The maximum Gasteiger partial charge on any atom is 0.293 e. The number of nitrogens with one attached hydrogen (secondary N) is 2. The number of nitro groups is 1. The zero-order valence-electron chi connectivity index (χ0n) is 15.2. The molecule has 0 aliphatic rings. The lowest BCUT2D eigenvalue weighted by Crippen LogP contribution is -2.12. The minimum absolute atomic E-state index is 0.153. The molecule has 0 aliphatic heterocycles. The van der Waals surface area contributed by atoms with Gasteiger partial charge in [-0.05, 0) is 42.0 Å². The molecule has 142 valence electrons. The van der Waals surface area contributed by atoms with Gasteiger partial charge in [-0.25, -0.2) is 0 Å². The van der Waals surface area contributed by atoms with Crippen molar-refractivity contribution in [3.8, 4) is 5.75 Å². The summed E-state index contributed by atoms with van der Waals surface area (Å²) >= 11 is 0. The molecule has 28 heavy (non-hydrogen) atoms. The molecule has 0 radical (unpaired) electrons. The van der Waals surface area contributed by atoms with Gasteiger partial charge in [0, 0.05) is 24.4 Å². The third kappa shape index (κ3) is 4.64. The van der Waals surface area contributed by atoms with Crippen molar-refractivity contribution < 1.29 is 14.5 Å². The number of carbonyl (C=O) groups is 1. The molecule has 1 amide bonds. The van der Waals surface area contributed by atoms with Crippen LogP contribution in [0, 0.1) is 10.1 Å². The average Bonchev–Trinajstić information content (AvgIpc) is 2.73. The smallest absolute Gasteiger partial charge is 0.293 e. The summed E-state index contributed by atoms with van der Waals surface area (Å²) in [5.41, 5.74) is 2.03. The van der Waals surface area contributed by atoms with E-state index >= 15 is 0 Å². The van der Waals surface area contributed by atoms with Crippen LogP contribution < -0.4 is 15.4 Å². The lowest BCUT2D eigenvalue weighted by atomic mass is 10.1. The normalized spacial score (nSPS) is 10.2. The van der Waals surface area contributed by atoms with Gasteiger partial charge >= 0.3 is 0 Å². The van der Waals surface area contributed by atoms with Gasteiger partial charge in [0.15, 0.2) is 0 Å². The molecule has 0 aliphatic carbocycles. The van der Waals surface area contributed by atoms with E-state index in [0.717, 1.165) is 5.56 Å². The molecule has 0 heterocycles. The fraction of sp³-hybridized carbons (Fsp3) is 0.0952. The highest BCUT2D eigenvalue weighted by Gasteiger charge is 2.17. The third-order valence-corrected chi connectivity index (χ3v) is 4.09. The Hall–Kier alpha value is -3.87. The van der Waals surface area contributed by atoms with Gasteiger partial charge in [-0.1, -0.05) is 30.3 Å². The van der Waals surface area contributed by atoms with Crippen molar-refractivity contribution in [2.24, 2.45) is 0 Å². The fourth-order valence-corrected chi connectivity index (χ4v) is 2.61. The van der Waals surface area contributed by atoms with Gasteiger partial charge in [0.1, 0.15) is 18.0 Å². The second kappa shape index (κ2) is 8.68. The Morgan fingerprint density at radius 2 is 1.75 bits per heavy atom. The molecule has 7 heteroatoms. The monoisotopic (exact) mass is 377 g/mol. The van der Waals surface area contributed by atoms with Crippen LogP contribution in [0.25, 0.3) is 0 Å². The van der Waals surface area contributed by atoms with Gasteiger partial charge in [-0.3, -0.25) is 14.9 Å². The van der Waals surface area contributed by atoms with Crippen LogP contribution in [0.1, 0.15) is 15.9 Å². The average molecular weight is 377 g/mol. The summed E-state index contributed by atoms with van der Waals surface area (Å²) in [5, 5.41) is 16.6. The number of ether oxygens (including phenoxy) is 1. The molecule has 0 aromatic heterocycles. The van der Waals surface area contributed by atoms with Crippen molar-refractivity contribution in [1.29, 1.82) is 0 Å². The zero-order chi connectivity index (χ0) is 19.9. The largest absolute Gasteiger partial charge is 0.489 e. The van der Waals surface area contributed by atoms with Crippen LogP contribution in [0.15, 0.2) is 72.8 Å². The van der Waals surface area contributed by atoms with Crippen molar-refractivity contribution in [2.45, 2.75) is 6.61 Å². The summed E-state index contributed by atoms with van der Waals surface area (Å²) in [4.78, 5) is 23.0. The van der Waals surface area contributed by atoms with E-state index in [1.807, 2.05) is 30.3 Å². The van der Waals surface area contributed by atoms with Crippen LogP contribution in [-0.4, -0.2) is 17.9 Å². The first-order valence-electron chi connectivity index (χ1n) is 8.61. The number of amides is 1. The first kappa shape index (κ1) is 18.9. The highest BCUT2D eigenvalue weighted by Crippen LogP contribution is 2.25. The first-order chi connectivity index (χ1) is 13.6. The number of benzene rings is 3. The number of carbonyl (C=O) groups excluding carboxylic acids is 1. The summed E-state index contributed by atoms with van der Waals surface area (Å²) < 4.78 is 5.71. The van der Waals surface area contributed by atoms with E-state index in [1.54, 1.807) is 31.3 Å². The molecule has 0 bridgehead atoms. The van der Waals surface area contributed by atoms with Crippen LogP contribution in [0.3, 0.4) is 0 Å². The number of hydrogen-bond donors (Lipinski definition) is 2. The second-order valence-electron chi connectivity index (χ2n) is 5.99. The Balaban J connectivity index is 1.64. The van der Waals surface area contributed by atoms with E-state index in [1.165, 1.54) is 18.2 Å². The number of hydrogen-bond acceptors (Lipinski definition) is 5. The summed E-state index contributed by atoms with van der Waals surface area (Å²) in [6, 6.07) is 21.0. The van der Waals surface area contributed by atoms with E-state index < -0.39 is 10.8 Å². The topological polar surface area (TPSA) is 93.5 Å². The molecular formula is C21H19N3O4. The Labute approximate surface area is 162 Å². The molecule has 0 saturated heterocycles. The summed E-state index contributed by atoms with van der Waals surface area (Å²) in [5.74, 6) is 0.250. The van der Waals surface area contributed by atoms with E-state index in [2.05, 4.69) is 10.6 Å². The van der Waals surface area contributed by atoms with Crippen LogP contribution in [-0.2, 0) is 6.61 Å². The molecule has 7 nitrogen and oxygen atoms in total. The predicted octanol–water partition coefficient (Wildman–Crippen LogP) is 4.47.